The van der Waals surface area contributed by atoms with Gasteiger partial charge in [0, 0.05) is 0 Å². The van der Waals surface area contributed by atoms with Crippen LogP contribution >= 0.6 is 0 Å². The van der Waals surface area contributed by atoms with Gasteiger partial charge in [0.2, 0.25) is 0 Å². The van der Waals surface area contributed by atoms with Crippen molar-refractivity contribution in [3.8, 4) is 11.5 Å². The van der Waals surface area contributed by atoms with Crippen LogP contribution in [0.1, 0.15) is 87.8 Å². The molecule has 0 bridgehead atoms. The maximum atomic E-state index is 12.8. The zero-order valence-electron chi connectivity index (χ0n) is 25.9. The van der Waals surface area contributed by atoms with Crippen LogP contribution in [0, 0.1) is 19.3 Å². The minimum Gasteiger partial charge on any atom is -0.488 e. The van der Waals surface area contributed by atoms with Crippen molar-refractivity contribution in [3.63, 3.8) is 0 Å². The Labute approximate surface area is 246 Å². The van der Waals surface area contributed by atoms with E-state index in [4.69, 9.17) is 9.47 Å². The fourth-order valence-corrected chi connectivity index (χ4v) is 4.93. The third-order valence-corrected chi connectivity index (χ3v) is 8.44. The molecule has 0 amide bonds. The summed E-state index contributed by atoms with van der Waals surface area (Å²) in [6.45, 7) is 16.4. The van der Waals surface area contributed by atoms with E-state index in [9.17, 15) is 4.79 Å². The Morgan fingerprint density at radius 2 is 0.927 bits per heavy atom. The largest absolute Gasteiger partial charge is 0.488 e. The number of rotatable bonds is 10. The Morgan fingerprint density at radius 3 is 1.29 bits per heavy atom. The summed E-state index contributed by atoms with van der Waals surface area (Å²) in [5.74, 6) is 1.18. The molecule has 0 aliphatic heterocycles. The highest BCUT2D eigenvalue weighted by Gasteiger charge is 2.39. The second-order valence-corrected chi connectivity index (χ2v) is 12.4. The van der Waals surface area contributed by atoms with Crippen molar-refractivity contribution in [2.75, 3.05) is 0 Å². The summed E-state index contributed by atoms with van der Waals surface area (Å²) in [7, 11) is 0. The first kappa shape index (κ1) is 30.1. The summed E-state index contributed by atoms with van der Waals surface area (Å²) in [4.78, 5) is 12.8. The Hall–Kier alpha value is -3.85. The molecule has 0 saturated heterocycles. The lowest BCUT2D eigenvalue weighted by atomic mass is 9.65. The van der Waals surface area contributed by atoms with E-state index in [1.54, 1.807) is 0 Å². The molecule has 214 valence electrons. The average Bonchev–Trinajstić information content (AvgIpc) is 2.96. The number of aryl methyl sites for hydroxylation is 2. The molecule has 41 heavy (non-hydrogen) atoms. The van der Waals surface area contributed by atoms with Crippen molar-refractivity contribution >= 4 is 5.97 Å². The first-order valence-electron chi connectivity index (χ1n) is 14.7. The average molecular weight is 549 g/mol. The maximum Gasteiger partial charge on any atom is 0.316 e. The molecule has 3 heteroatoms. The second-order valence-electron chi connectivity index (χ2n) is 12.4. The van der Waals surface area contributed by atoms with Gasteiger partial charge >= 0.3 is 5.97 Å². The molecule has 0 heterocycles. The fourth-order valence-electron chi connectivity index (χ4n) is 4.93. The predicted octanol–water partition coefficient (Wildman–Crippen LogP) is 9.60. The summed E-state index contributed by atoms with van der Waals surface area (Å²) >= 11 is 0. The lowest BCUT2D eigenvalue weighted by Gasteiger charge is -2.37. The van der Waals surface area contributed by atoms with Crippen LogP contribution in [0.25, 0.3) is 0 Å². The van der Waals surface area contributed by atoms with Crippen molar-refractivity contribution in [1.29, 1.82) is 0 Å². The van der Waals surface area contributed by atoms with Gasteiger partial charge < -0.3 is 9.47 Å². The van der Waals surface area contributed by atoms with Crippen molar-refractivity contribution in [1.82, 2.24) is 0 Å². The van der Waals surface area contributed by atoms with Gasteiger partial charge in [-0.3, -0.25) is 4.79 Å². The molecule has 0 aliphatic carbocycles. The van der Waals surface area contributed by atoms with E-state index in [2.05, 4.69) is 120 Å². The highest BCUT2D eigenvalue weighted by Crippen LogP contribution is 2.46. The minimum absolute atomic E-state index is 0.221. The van der Waals surface area contributed by atoms with E-state index in [1.165, 1.54) is 11.1 Å². The van der Waals surface area contributed by atoms with Crippen LogP contribution in [-0.2, 0) is 10.2 Å². The van der Waals surface area contributed by atoms with E-state index in [0.717, 1.165) is 34.4 Å². The Kier molecular flexibility index (Phi) is 8.77. The standard InChI is InChI=1S/C38H44O3/c1-9-36(5,6)35(39)40-33-23-19-31(20-24-33)38(29-15-11-27(3)12-16-29,30-17-13-28(4)14-18-30)32-21-25-34(26-22-32)41-37(7,8)10-2/h11-26H,9-10H2,1-8H3. The third-order valence-electron chi connectivity index (χ3n) is 8.44. The Bertz CT molecular complexity index is 1400. The number of esters is 1. The molecule has 0 fully saturated rings. The Balaban J connectivity index is 1.91. The smallest absolute Gasteiger partial charge is 0.316 e. The van der Waals surface area contributed by atoms with Crippen molar-refractivity contribution in [3.05, 3.63) is 130 Å². The Morgan fingerprint density at radius 1 is 0.561 bits per heavy atom. The van der Waals surface area contributed by atoms with Crippen molar-refractivity contribution < 1.29 is 14.3 Å². The molecule has 0 radical (unpaired) electrons. The van der Waals surface area contributed by atoms with E-state index in [-0.39, 0.29) is 11.6 Å². The summed E-state index contributed by atoms with van der Waals surface area (Å²) in [6.07, 6.45) is 1.63. The highest BCUT2D eigenvalue weighted by molar-refractivity contribution is 5.78. The number of carbonyl (C=O) groups is 1. The topological polar surface area (TPSA) is 35.5 Å². The molecule has 0 atom stereocenters. The van der Waals surface area contributed by atoms with Gasteiger partial charge in [0.05, 0.1) is 10.8 Å². The minimum atomic E-state index is -0.606. The summed E-state index contributed by atoms with van der Waals surface area (Å²) < 4.78 is 12.1. The molecule has 4 aromatic carbocycles. The SMILES string of the molecule is CCC(C)(C)Oc1ccc(C(c2ccc(C)cc2)(c2ccc(C)cc2)c2ccc(OC(=O)C(C)(C)CC)cc2)cc1. The molecule has 0 unspecified atom stereocenters. The second kappa shape index (κ2) is 11.9. The van der Waals surface area contributed by atoms with Gasteiger partial charge in [0.15, 0.2) is 0 Å². The zero-order valence-corrected chi connectivity index (χ0v) is 25.9. The molecular weight excluding hydrogens is 504 g/mol. The first-order chi connectivity index (χ1) is 19.4. The van der Waals surface area contributed by atoms with Gasteiger partial charge in [0.25, 0.3) is 0 Å². The maximum absolute atomic E-state index is 12.8. The van der Waals surface area contributed by atoms with Gasteiger partial charge in [0.1, 0.15) is 17.1 Å². The monoisotopic (exact) mass is 548 g/mol. The molecular formula is C38H44O3. The number of carbonyl (C=O) groups excluding carboxylic acids is 1. The van der Waals surface area contributed by atoms with Crippen LogP contribution in [-0.4, -0.2) is 11.6 Å². The molecule has 0 spiro atoms. The fraction of sp³-hybridized carbons (Fsp3) is 0.342. The van der Waals surface area contributed by atoms with Crippen LogP contribution in [0.2, 0.25) is 0 Å². The molecule has 0 N–H and O–H groups in total. The van der Waals surface area contributed by atoms with Gasteiger partial charge in [-0.25, -0.2) is 0 Å². The van der Waals surface area contributed by atoms with Gasteiger partial charge in [-0.15, -0.1) is 0 Å². The number of benzene rings is 4. The van der Waals surface area contributed by atoms with Crippen molar-refractivity contribution in [2.45, 2.75) is 79.2 Å². The number of hydrogen-bond acceptors (Lipinski definition) is 3. The van der Waals surface area contributed by atoms with E-state index < -0.39 is 10.8 Å². The molecule has 4 aromatic rings. The normalized spacial score (nSPS) is 12.2. The van der Waals surface area contributed by atoms with Crippen LogP contribution in [0.3, 0.4) is 0 Å². The van der Waals surface area contributed by atoms with Crippen LogP contribution in [0.4, 0.5) is 0 Å². The lowest BCUT2D eigenvalue weighted by Crippen LogP contribution is -2.31. The van der Waals surface area contributed by atoms with Crippen molar-refractivity contribution in [2.24, 2.45) is 5.41 Å². The predicted molar refractivity (Wildman–Crippen MR) is 169 cm³/mol. The van der Waals surface area contributed by atoms with E-state index in [1.807, 2.05) is 32.9 Å². The van der Waals surface area contributed by atoms with Gasteiger partial charge in [-0.2, -0.15) is 0 Å². The van der Waals surface area contributed by atoms with E-state index in [0.29, 0.717) is 12.2 Å². The molecule has 4 rings (SSSR count). The number of ether oxygens (including phenoxy) is 2. The summed E-state index contributed by atoms with van der Waals surface area (Å²) in [6, 6.07) is 34.1. The molecule has 3 nitrogen and oxygen atoms in total. The molecule has 0 saturated carbocycles. The first-order valence-corrected chi connectivity index (χ1v) is 14.7. The van der Waals surface area contributed by atoms with Crippen LogP contribution < -0.4 is 9.47 Å². The molecule has 0 aliphatic rings. The number of hydrogen-bond donors (Lipinski definition) is 0. The third kappa shape index (κ3) is 6.40. The zero-order chi connectivity index (χ0) is 29.8. The summed E-state index contributed by atoms with van der Waals surface area (Å²) in [5, 5.41) is 0. The van der Waals surface area contributed by atoms with Crippen LogP contribution in [0.15, 0.2) is 97.1 Å². The summed E-state index contributed by atoms with van der Waals surface area (Å²) in [5.41, 5.74) is 5.56. The van der Waals surface area contributed by atoms with E-state index >= 15 is 0 Å². The lowest BCUT2D eigenvalue weighted by molar-refractivity contribution is -0.144. The highest BCUT2D eigenvalue weighted by atomic mass is 16.5. The van der Waals surface area contributed by atoms with Gasteiger partial charge in [-0.05, 0) is 101 Å². The quantitative estimate of drug-likeness (QED) is 0.112. The van der Waals surface area contributed by atoms with Gasteiger partial charge in [-0.1, -0.05) is 97.8 Å². The molecule has 0 aromatic heterocycles. The van der Waals surface area contributed by atoms with Crippen LogP contribution in [0.5, 0.6) is 11.5 Å².